The van der Waals surface area contributed by atoms with Gasteiger partial charge in [0.1, 0.15) is 23.9 Å². The standard InChI is InChI=1S/C21H23F8NO9S/c1-5-12-6-14(40(25,26,27,28)29)7-13-8-15(17(21(22,23)24)39-16(12)13)18(31)37-11(2)38-19(32)35-9-20(3,4)10-36-30(33)34/h6-8,11,17H,5,9-10H2,1-4H3. The molecule has 19 heteroatoms. The molecule has 2 atom stereocenters. The number of rotatable bonds is 10. The lowest BCUT2D eigenvalue weighted by Gasteiger charge is -2.41. The number of alkyl halides is 3. The van der Waals surface area contributed by atoms with E-state index in [1.165, 1.54) is 20.8 Å². The fourth-order valence-electron chi connectivity index (χ4n) is 3.19. The molecule has 0 saturated carbocycles. The Labute approximate surface area is 221 Å². The van der Waals surface area contributed by atoms with Gasteiger partial charge in [0.2, 0.25) is 12.4 Å². The van der Waals surface area contributed by atoms with Crippen molar-refractivity contribution < 1.29 is 71.1 Å². The van der Waals surface area contributed by atoms with Gasteiger partial charge in [0.15, 0.2) is 0 Å². The van der Waals surface area contributed by atoms with Gasteiger partial charge in [-0.15, -0.1) is 10.1 Å². The summed E-state index contributed by atoms with van der Waals surface area (Å²) >= 11 is 0. The number of carbonyl (C=O) groups is 2. The molecule has 0 N–H and O–H groups in total. The van der Waals surface area contributed by atoms with E-state index in [1.54, 1.807) is 0 Å². The van der Waals surface area contributed by atoms with E-state index in [0.717, 1.165) is 6.92 Å². The van der Waals surface area contributed by atoms with Crippen molar-refractivity contribution in [3.63, 3.8) is 0 Å². The van der Waals surface area contributed by atoms with Crippen LogP contribution >= 0.6 is 10.2 Å². The second-order valence-electron chi connectivity index (χ2n) is 9.25. The number of hydrogen-bond donors (Lipinski definition) is 0. The third-order valence-electron chi connectivity index (χ3n) is 5.03. The van der Waals surface area contributed by atoms with Crippen LogP contribution in [-0.4, -0.2) is 49.0 Å². The van der Waals surface area contributed by atoms with Crippen molar-refractivity contribution in [3.8, 4) is 5.75 Å². The smallest absolute Gasteiger partial charge is 0.475 e. The second kappa shape index (κ2) is 10.2. The van der Waals surface area contributed by atoms with Gasteiger partial charge in [0.25, 0.3) is 5.09 Å². The zero-order chi connectivity index (χ0) is 31.0. The Morgan fingerprint density at radius 1 is 1.10 bits per heavy atom. The Morgan fingerprint density at radius 3 is 2.20 bits per heavy atom. The number of benzene rings is 1. The highest BCUT2D eigenvalue weighted by atomic mass is 32.5. The van der Waals surface area contributed by atoms with E-state index >= 15 is 0 Å². The van der Waals surface area contributed by atoms with Crippen LogP contribution < -0.4 is 4.74 Å². The van der Waals surface area contributed by atoms with Crippen molar-refractivity contribution in [2.45, 2.75) is 57.6 Å². The molecule has 0 aliphatic carbocycles. The van der Waals surface area contributed by atoms with Gasteiger partial charge in [0, 0.05) is 17.9 Å². The highest BCUT2D eigenvalue weighted by Gasteiger charge is 2.66. The highest BCUT2D eigenvalue weighted by molar-refractivity contribution is 8.45. The lowest BCUT2D eigenvalue weighted by molar-refractivity contribution is -0.760. The predicted molar refractivity (Wildman–Crippen MR) is 120 cm³/mol. The van der Waals surface area contributed by atoms with Crippen molar-refractivity contribution in [2.75, 3.05) is 13.2 Å². The Bertz CT molecular complexity index is 1220. The first-order valence-corrected chi connectivity index (χ1v) is 13.0. The first-order valence-electron chi connectivity index (χ1n) is 11.0. The van der Waals surface area contributed by atoms with Crippen LogP contribution in [0.1, 0.15) is 38.8 Å². The summed E-state index contributed by atoms with van der Waals surface area (Å²) in [6.07, 6.45) is -12.0. The third kappa shape index (κ3) is 8.75. The average molecular weight is 617 g/mol. The summed E-state index contributed by atoms with van der Waals surface area (Å²) in [5.74, 6) is -2.65. The van der Waals surface area contributed by atoms with Gasteiger partial charge in [0.05, 0.1) is 5.57 Å². The molecule has 1 aliphatic rings. The summed E-state index contributed by atoms with van der Waals surface area (Å²) in [5, 5.41) is 9.19. The zero-order valence-electron chi connectivity index (χ0n) is 21.1. The number of ether oxygens (including phenoxy) is 4. The third-order valence-corrected chi connectivity index (χ3v) is 6.16. The van der Waals surface area contributed by atoms with Crippen LogP contribution in [0, 0.1) is 15.5 Å². The largest absolute Gasteiger partial charge is 0.511 e. The lowest BCUT2D eigenvalue weighted by atomic mass is 9.97. The monoisotopic (exact) mass is 617 g/mol. The van der Waals surface area contributed by atoms with Crippen molar-refractivity contribution >= 4 is 28.4 Å². The van der Waals surface area contributed by atoms with Gasteiger partial charge in [-0.25, -0.2) is 9.59 Å². The molecule has 0 aromatic heterocycles. The molecule has 228 valence electrons. The Hall–Kier alpha value is -3.51. The first-order chi connectivity index (χ1) is 17.8. The van der Waals surface area contributed by atoms with Gasteiger partial charge >= 0.3 is 28.5 Å². The van der Waals surface area contributed by atoms with E-state index in [-0.39, 0.29) is 18.2 Å². The lowest BCUT2D eigenvalue weighted by Crippen LogP contribution is -2.41. The SMILES string of the molecule is CCc1cc(S(F)(F)(F)(F)F)cc2c1OC(C(F)(F)F)C(C(=O)OC(C)OC(=O)OCC(C)(C)CO[N+](=O)[O-])=C2. The van der Waals surface area contributed by atoms with E-state index < -0.39 is 98.4 Å². The summed E-state index contributed by atoms with van der Waals surface area (Å²) in [6, 6.07) is -0.158. The Morgan fingerprint density at radius 2 is 1.70 bits per heavy atom. The number of esters is 1. The van der Waals surface area contributed by atoms with E-state index in [1.807, 2.05) is 0 Å². The van der Waals surface area contributed by atoms with Crippen LogP contribution in [-0.2, 0) is 30.3 Å². The minimum atomic E-state index is -10.3. The number of aryl methyl sites for hydroxylation is 1. The summed E-state index contributed by atoms with van der Waals surface area (Å²) in [7, 11) is -10.3. The second-order valence-corrected chi connectivity index (χ2v) is 11.7. The average Bonchev–Trinajstić information content (AvgIpc) is 2.77. The molecule has 40 heavy (non-hydrogen) atoms. The van der Waals surface area contributed by atoms with Crippen molar-refractivity contribution in [1.29, 1.82) is 0 Å². The summed E-state index contributed by atoms with van der Waals surface area (Å²) in [4.78, 5) is 36.4. The minimum absolute atomic E-state index is 0.0166. The topological polar surface area (TPSA) is 123 Å². The molecular weight excluding hydrogens is 594 g/mol. The van der Waals surface area contributed by atoms with Crippen LogP contribution in [0.3, 0.4) is 0 Å². The molecule has 0 spiro atoms. The van der Waals surface area contributed by atoms with Crippen molar-refractivity contribution in [1.82, 2.24) is 0 Å². The maximum Gasteiger partial charge on any atom is 0.511 e. The maximum absolute atomic E-state index is 13.7. The van der Waals surface area contributed by atoms with Gasteiger partial charge < -0.3 is 23.8 Å². The molecule has 1 aliphatic heterocycles. The Balaban J connectivity index is 2.29. The summed E-state index contributed by atoms with van der Waals surface area (Å²) < 4.78 is 127. The van der Waals surface area contributed by atoms with Crippen LogP contribution in [0.25, 0.3) is 6.08 Å². The fraction of sp³-hybridized carbons (Fsp3) is 0.524. The normalized spacial score (nSPS) is 18.1. The van der Waals surface area contributed by atoms with Gasteiger partial charge in [-0.05, 0) is 30.2 Å². The Kier molecular flexibility index (Phi) is 8.30. The van der Waals surface area contributed by atoms with E-state index in [9.17, 15) is 52.3 Å². The molecule has 2 rings (SSSR count). The zero-order valence-corrected chi connectivity index (χ0v) is 21.9. The van der Waals surface area contributed by atoms with Crippen molar-refractivity contribution in [3.05, 3.63) is 38.9 Å². The fourth-order valence-corrected chi connectivity index (χ4v) is 3.90. The van der Waals surface area contributed by atoms with Gasteiger partial charge in [-0.3, -0.25) is 0 Å². The van der Waals surface area contributed by atoms with Gasteiger partial charge in [-0.2, -0.15) is 13.2 Å². The molecular formula is C21H23F8NO9S. The van der Waals surface area contributed by atoms with E-state index in [0.29, 0.717) is 0 Å². The minimum Gasteiger partial charge on any atom is -0.475 e. The van der Waals surface area contributed by atoms with Crippen molar-refractivity contribution in [2.24, 2.45) is 5.41 Å². The number of halogens is 8. The maximum atomic E-state index is 13.7. The van der Waals surface area contributed by atoms with Crippen LogP contribution in [0.15, 0.2) is 22.6 Å². The van der Waals surface area contributed by atoms with E-state index in [2.05, 4.69) is 14.3 Å². The molecule has 1 aromatic rings. The molecule has 1 heterocycles. The molecule has 0 fully saturated rings. The summed E-state index contributed by atoms with van der Waals surface area (Å²) in [5.41, 5.74) is -4.01. The molecule has 1 aromatic carbocycles. The first kappa shape index (κ1) is 32.7. The molecule has 0 saturated heterocycles. The summed E-state index contributed by atoms with van der Waals surface area (Å²) in [6.45, 7) is 3.89. The van der Waals surface area contributed by atoms with Gasteiger partial charge in [-0.1, -0.05) is 40.2 Å². The van der Waals surface area contributed by atoms with Crippen LogP contribution in [0.2, 0.25) is 0 Å². The van der Waals surface area contributed by atoms with Crippen LogP contribution in [0.4, 0.5) is 37.4 Å². The highest BCUT2D eigenvalue weighted by Crippen LogP contribution is 3.02. The molecule has 0 amide bonds. The molecule has 0 bridgehead atoms. The number of hydrogen-bond acceptors (Lipinski definition) is 9. The van der Waals surface area contributed by atoms with E-state index in [4.69, 9.17) is 9.47 Å². The molecule has 0 radical (unpaired) electrons. The van der Waals surface area contributed by atoms with Crippen LogP contribution in [0.5, 0.6) is 5.75 Å². The quantitative estimate of drug-likeness (QED) is 0.0908. The molecule has 2 unspecified atom stereocenters. The number of carbonyl (C=O) groups excluding carboxylic acids is 2. The molecule has 10 nitrogen and oxygen atoms in total. The number of nitrogens with zero attached hydrogens (tertiary/aromatic N) is 1. The number of fused-ring (bicyclic) bond motifs is 1. The predicted octanol–water partition coefficient (Wildman–Crippen LogP) is 6.89.